The summed E-state index contributed by atoms with van der Waals surface area (Å²) < 4.78 is 5.51. The molecule has 1 aliphatic rings. The topological polar surface area (TPSA) is 46.2 Å². The van der Waals surface area contributed by atoms with Crippen LogP contribution in [0.4, 0.5) is 5.82 Å². The van der Waals surface area contributed by atoms with Gasteiger partial charge in [-0.1, -0.05) is 11.6 Å². The molecule has 18 heavy (non-hydrogen) atoms. The fourth-order valence-corrected chi connectivity index (χ4v) is 2.23. The van der Waals surface area contributed by atoms with Crippen LogP contribution in [0.1, 0.15) is 18.4 Å². The Morgan fingerprint density at radius 2 is 2.50 bits per heavy atom. The summed E-state index contributed by atoms with van der Waals surface area (Å²) in [6, 6.07) is 1.85. The van der Waals surface area contributed by atoms with Crippen LogP contribution in [-0.2, 0) is 4.74 Å². The Hall–Kier alpha value is -0.910. The standard InChI is InChI=1S/C12H16ClN3OS/c1-8-5-9(13)6-14-11(8)16-12(18)15-7-10-3-2-4-17-10/h5-6,10H,2-4,7H2,1H3,(H2,14,15,16,18)/t10-/m1/s1. The highest BCUT2D eigenvalue weighted by Gasteiger charge is 2.15. The molecule has 0 aromatic carbocycles. The summed E-state index contributed by atoms with van der Waals surface area (Å²) in [5.41, 5.74) is 0.962. The quantitative estimate of drug-likeness (QED) is 0.836. The van der Waals surface area contributed by atoms with Crippen LogP contribution in [-0.4, -0.2) is 29.4 Å². The average molecular weight is 286 g/mol. The third kappa shape index (κ3) is 3.80. The van der Waals surface area contributed by atoms with Crippen LogP contribution in [0.5, 0.6) is 0 Å². The maximum Gasteiger partial charge on any atom is 0.172 e. The molecule has 0 spiro atoms. The first kappa shape index (κ1) is 13.5. The molecule has 0 aliphatic carbocycles. The number of ether oxygens (including phenoxy) is 1. The van der Waals surface area contributed by atoms with Crippen molar-refractivity contribution < 1.29 is 4.74 Å². The smallest absolute Gasteiger partial charge is 0.172 e. The van der Waals surface area contributed by atoms with Crippen molar-refractivity contribution in [1.29, 1.82) is 0 Å². The van der Waals surface area contributed by atoms with Crippen molar-refractivity contribution in [3.63, 3.8) is 0 Å². The van der Waals surface area contributed by atoms with Crippen LogP contribution < -0.4 is 10.6 Å². The molecule has 2 rings (SSSR count). The molecule has 1 atom stereocenters. The van der Waals surface area contributed by atoms with E-state index in [0.29, 0.717) is 10.1 Å². The molecular formula is C12H16ClN3OS. The Labute approximate surface area is 117 Å². The lowest BCUT2D eigenvalue weighted by Gasteiger charge is -2.14. The number of aromatic nitrogens is 1. The SMILES string of the molecule is Cc1cc(Cl)cnc1NC(=S)NC[C@H]1CCCO1. The maximum absolute atomic E-state index is 5.85. The number of pyridine rings is 1. The summed E-state index contributed by atoms with van der Waals surface area (Å²) in [7, 11) is 0. The van der Waals surface area contributed by atoms with Crippen molar-refractivity contribution in [3.8, 4) is 0 Å². The molecular weight excluding hydrogens is 270 g/mol. The zero-order chi connectivity index (χ0) is 13.0. The summed E-state index contributed by atoms with van der Waals surface area (Å²) in [4.78, 5) is 4.20. The normalized spacial score (nSPS) is 18.7. The predicted octanol–water partition coefficient (Wildman–Crippen LogP) is 2.51. The molecule has 1 aromatic rings. The van der Waals surface area contributed by atoms with E-state index >= 15 is 0 Å². The van der Waals surface area contributed by atoms with Gasteiger partial charge in [-0.25, -0.2) is 4.98 Å². The molecule has 1 saturated heterocycles. The minimum Gasteiger partial charge on any atom is -0.376 e. The zero-order valence-electron chi connectivity index (χ0n) is 10.2. The summed E-state index contributed by atoms with van der Waals surface area (Å²) in [5.74, 6) is 0.726. The fourth-order valence-electron chi connectivity index (χ4n) is 1.83. The summed E-state index contributed by atoms with van der Waals surface area (Å²) >= 11 is 11.1. The maximum atomic E-state index is 5.85. The molecule has 1 aliphatic heterocycles. The van der Waals surface area contributed by atoms with Gasteiger partial charge < -0.3 is 15.4 Å². The molecule has 1 fully saturated rings. The molecule has 4 nitrogen and oxygen atoms in total. The van der Waals surface area contributed by atoms with Gasteiger partial charge in [-0.2, -0.15) is 0 Å². The summed E-state index contributed by atoms with van der Waals surface area (Å²) in [6.45, 7) is 3.52. The number of rotatable bonds is 3. The molecule has 6 heteroatoms. The van der Waals surface area contributed by atoms with Crippen LogP contribution in [0.2, 0.25) is 5.02 Å². The largest absolute Gasteiger partial charge is 0.376 e. The van der Waals surface area contributed by atoms with Crippen molar-refractivity contribution in [2.45, 2.75) is 25.9 Å². The third-order valence-electron chi connectivity index (χ3n) is 2.79. The minimum absolute atomic E-state index is 0.268. The number of halogens is 1. The monoisotopic (exact) mass is 285 g/mol. The fraction of sp³-hybridized carbons (Fsp3) is 0.500. The molecule has 2 heterocycles. The van der Waals surface area contributed by atoms with Gasteiger partial charge in [0.15, 0.2) is 5.11 Å². The molecule has 98 valence electrons. The van der Waals surface area contributed by atoms with Gasteiger partial charge in [-0.3, -0.25) is 0 Å². The van der Waals surface area contributed by atoms with Gasteiger partial charge in [-0.15, -0.1) is 0 Å². The van der Waals surface area contributed by atoms with Crippen LogP contribution in [0.25, 0.3) is 0 Å². The molecule has 2 N–H and O–H groups in total. The first-order chi connectivity index (χ1) is 8.65. The number of hydrogen-bond donors (Lipinski definition) is 2. The van der Waals surface area contributed by atoms with Gasteiger partial charge in [0.05, 0.1) is 11.1 Å². The molecule has 0 saturated carbocycles. The van der Waals surface area contributed by atoms with Crippen molar-refractivity contribution in [2.75, 3.05) is 18.5 Å². The lowest BCUT2D eigenvalue weighted by molar-refractivity contribution is 0.114. The van der Waals surface area contributed by atoms with Gasteiger partial charge in [0.1, 0.15) is 5.82 Å². The molecule has 1 aromatic heterocycles. The van der Waals surface area contributed by atoms with Crippen molar-refractivity contribution in [1.82, 2.24) is 10.3 Å². The number of nitrogens with one attached hydrogen (secondary N) is 2. The van der Waals surface area contributed by atoms with Crippen LogP contribution in [0, 0.1) is 6.92 Å². The van der Waals surface area contributed by atoms with Crippen molar-refractivity contribution >= 4 is 34.7 Å². The van der Waals surface area contributed by atoms with Gasteiger partial charge >= 0.3 is 0 Å². The van der Waals surface area contributed by atoms with E-state index in [-0.39, 0.29) is 6.10 Å². The number of nitrogens with zero attached hydrogens (tertiary/aromatic N) is 1. The number of thiocarbonyl (C=S) groups is 1. The zero-order valence-corrected chi connectivity index (χ0v) is 11.8. The number of aryl methyl sites for hydroxylation is 1. The highest BCUT2D eigenvalue weighted by Crippen LogP contribution is 2.16. The minimum atomic E-state index is 0.268. The van der Waals surface area contributed by atoms with E-state index in [0.717, 1.165) is 37.4 Å². The van der Waals surface area contributed by atoms with E-state index in [9.17, 15) is 0 Å². The Morgan fingerprint density at radius 1 is 1.67 bits per heavy atom. The molecule has 0 bridgehead atoms. The first-order valence-electron chi connectivity index (χ1n) is 5.94. The highest BCUT2D eigenvalue weighted by atomic mass is 35.5. The molecule has 0 unspecified atom stereocenters. The first-order valence-corrected chi connectivity index (χ1v) is 6.72. The lowest BCUT2D eigenvalue weighted by Crippen LogP contribution is -2.35. The van der Waals surface area contributed by atoms with Crippen molar-refractivity contribution in [2.24, 2.45) is 0 Å². The summed E-state index contributed by atoms with van der Waals surface area (Å²) in [5, 5.41) is 7.37. The second-order valence-corrected chi connectivity index (χ2v) is 5.13. The number of hydrogen-bond acceptors (Lipinski definition) is 3. The van der Waals surface area contributed by atoms with E-state index in [1.54, 1.807) is 6.20 Å². The molecule has 0 radical (unpaired) electrons. The van der Waals surface area contributed by atoms with Gasteiger partial charge in [0.2, 0.25) is 0 Å². The van der Waals surface area contributed by atoms with Crippen LogP contribution in [0.3, 0.4) is 0 Å². The Bertz CT molecular complexity index is 435. The van der Waals surface area contributed by atoms with E-state index in [1.807, 2.05) is 13.0 Å². The predicted molar refractivity (Wildman–Crippen MR) is 77.2 cm³/mol. The second-order valence-electron chi connectivity index (χ2n) is 4.29. The number of anilines is 1. The van der Waals surface area contributed by atoms with Gasteiger partial charge in [-0.05, 0) is 43.6 Å². The van der Waals surface area contributed by atoms with E-state index in [1.165, 1.54) is 0 Å². The Kier molecular flexibility index (Phi) is 4.74. The van der Waals surface area contributed by atoms with E-state index < -0.39 is 0 Å². The van der Waals surface area contributed by atoms with E-state index in [4.69, 9.17) is 28.6 Å². The average Bonchev–Trinajstić information content (AvgIpc) is 2.83. The van der Waals surface area contributed by atoms with Crippen LogP contribution >= 0.6 is 23.8 Å². The van der Waals surface area contributed by atoms with E-state index in [2.05, 4.69) is 15.6 Å². The van der Waals surface area contributed by atoms with Crippen molar-refractivity contribution in [3.05, 3.63) is 22.8 Å². The Balaban J connectivity index is 1.82. The Morgan fingerprint density at radius 3 is 3.17 bits per heavy atom. The van der Waals surface area contributed by atoms with Gasteiger partial charge in [0, 0.05) is 19.3 Å². The second kappa shape index (κ2) is 6.31. The highest BCUT2D eigenvalue weighted by molar-refractivity contribution is 7.80. The molecule has 0 amide bonds. The lowest BCUT2D eigenvalue weighted by atomic mass is 10.2. The van der Waals surface area contributed by atoms with Crippen LogP contribution in [0.15, 0.2) is 12.3 Å². The summed E-state index contributed by atoms with van der Waals surface area (Å²) in [6.07, 6.45) is 4.08. The third-order valence-corrected chi connectivity index (χ3v) is 3.24. The van der Waals surface area contributed by atoms with Gasteiger partial charge in [0.25, 0.3) is 0 Å².